The Hall–Kier alpha value is -0.830. The zero-order chi connectivity index (χ0) is 8.69. The molecule has 3 nitrogen and oxygen atoms in total. The number of hydrogen-bond acceptors (Lipinski definition) is 3. The second kappa shape index (κ2) is 5.92. The molecule has 0 aliphatic heterocycles. The minimum atomic E-state index is -0.00546. The second-order valence-electron chi connectivity index (χ2n) is 2.17. The Morgan fingerprint density at radius 1 is 1.73 bits per heavy atom. The van der Waals surface area contributed by atoms with Gasteiger partial charge < -0.3 is 15.5 Å². The average molecular weight is 156 g/mol. The first kappa shape index (κ1) is 10.2. The number of allylic oxidation sites excluding steroid dienone is 1. The summed E-state index contributed by atoms with van der Waals surface area (Å²) >= 11 is 0. The van der Waals surface area contributed by atoms with Crippen molar-refractivity contribution in [2.24, 2.45) is 0 Å². The third kappa shape index (κ3) is 4.56. The van der Waals surface area contributed by atoms with E-state index >= 15 is 0 Å². The molecule has 0 heterocycles. The first-order valence-corrected chi connectivity index (χ1v) is 3.82. The van der Waals surface area contributed by atoms with Gasteiger partial charge in [-0.3, -0.25) is 0 Å². The average Bonchev–Trinajstić information content (AvgIpc) is 2.03. The molecule has 0 aliphatic rings. The minimum absolute atomic E-state index is 0.00546. The smallest absolute Gasteiger partial charge is 0.127 e. The van der Waals surface area contributed by atoms with Gasteiger partial charge in [0.15, 0.2) is 0 Å². The van der Waals surface area contributed by atoms with Crippen molar-refractivity contribution in [2.75, 3.05) is 6.61 Å². The summed E-state index contributed by atoms with van der Waals surface area (Å²) in [5, 5.41) is 9.82. The zero-order valence-corrected chi connectivity index (χ0v) is 7.18. The number of ether oxygens (including phenoxy) is 1. The van der Waals surface area contributed by atoms with E-state index in [1.54, 1.807) is 0 Å². The third-order valence-corrected chi connectivity index (χ3v) is 1.26. The summed E-state index contributed by atoms with van der Waals surface area (Å²) in [7, 11) is 0. The Balaban J connectivity index is 3.67. The van der Waals surface area contributed by atoms with Crippen LogP contribution in [-0.2, 0) is 4.74 Å². The van der Waals surface area contributed by atoms with E-state index in [1.807, 2.05) is 13.8 Å². The molecule has 0 rings (SSSR count). The zero-order valence-electron chi connectivity index (χ0n) is 7.18. The normalized spacial score (nSPS) is 12.2. The van der Waals surface area contributed by atoms with Gasteiger partial charge in [-0.1, -0.05) is 13.5 Å². The van der Waals surface area contributed by atoms with Crippen LogP contribution < -0.4 is 5.32 Å². The van der Waals surface area contributed by atoms with Crippen LogP contribution in [0.2, 0.25) is 0 Å². The maximum Gasteiger partial charge on any atom is 0.127 e. The van der Waals surface area contributed by atoms with Crippen molar-refractivity contribution < 1.29 is 4.74 Å². The van der Waals surface area contributed by atoms with Crippen molar-refractivity contribution >= 4 is 6.21 Å². The van der Waals surface area contributed by atoms with Crippen LogP contribution in [0, 0.1) is 5.41 Å². The fraction of sp³-hybridized carbons (Fsp3) is 0.625. The molecule has 64 valence electrons. The molecule has 0 aromatic heterocycles. The van der Waals surface area contributed by atoms with E-state index in [0.717, 1.165) is 6.42 Å². The van der Waals surface area contributed by atoms with E-state index in [2.05, 4.69) is 11.9 Å². The van der Waals surface area contributed by atoms with Gasteiger partial charge in [0.1, 0.15) is 6.23 Å². The standard InChI is InChI=1S/C8H16N2O/c1-4-8(11-5-2)10-7(3)6-9/h6,8-10H,3-5H2,1-2H3/t8-/m1/s1. The predicted octanol–water partition coefficient (Wildman–Crippen LogP) is 1.51. The van der Waals surface area contributed by atoms with Crippen molar-refractivity contribution in [3.8, 4) is 0 Å². The molecule has 0 radical (unpaired) electrons. The topological polar surface area (TPSA) is 45.1 Å². The van der Waals surface area contributed by atoms with Crippen LogP contribution in [0.25, 0.3) is 0 Å². The van der Waals surface area contributed by atoms with Crippen LogP contribution in [0.5, 0.6) is 0 Å². The Morgan fingerprint density at radius 3 is 2.73 bits per heavy atom. The van der Waals surface area contributed by atoms with E-state index in [0.29, 0.717) is 12.3 Å². The molecule has 0 amide bonds. The first-order valence-electron chi connectivity index (χ1n) is 3.82. The van der Waals surface area contributed by atoms with Gasteiger partial charge in [-0.05, 0) is 13.3 Å². The van der Waals surface area contributed by atoms with Crippen molar-refractivity contribution in [1.29, 1.82) is 5.41 Å². The molecule has 0 spiro atoms. The first-order chi connectivity index (χ1) is 5.24. The molecule has 0 aliphatic carbocycles. The summed E-state index contributed by atoms with van der Waals surface area (Å²) in [6.45, 7) is 8.25. The molecular weight excluding hydrogens is 140 g/mol. The predicted molar refractivity (Wildman–Crippen MR) is 46.8 cm³/mol. The maximum atomic E-state index is 6.87. The van der Waals surface area contributed by atoms with E-state index in [4.69, 9.17) is 10.1 Å². The number of rotatable bonds is 6. The van der Waals surface area contributed by atoms with E-state index in [9.17, 15) is 0 Å². The van der Waals surface area contributed by atoms with Gasteiger partial charge >= 0.3 is 0 Å². The lowest BCUT2D eigenvalue weighted by Crippen LogP contribution is -2.30. The molecule has 0 aromatic rings. The molecule has 2 N–H and O–H groups in total. The summed E-state index contributed by atoms with van der Waals surface area (Å²) in [5.41, 5.74) is 0.588. The van der Waals surface area contributed by atoms with Crippen LogP contribution in [-0.4, -0.2) is 19.0 Å². The summed E-state index contributed by atoms with van der Waals surface area (Å²) < 4.78 is 5.29. The van der Waals surface area contributed by atoms with Gasteiger partial charge in [-0.2, -0.15) is 0 Å². The van der Waals surface area contributed by atoms with Crippen molar-refractivity contribution in [1.82, 2.24) is 5.32 Å². The van der Waals surface area contributed by atoms with E-state index in [1.165, 1.54) is 6.21 Å². The third-order valence-electron chi connectivity index (χ3n) is 1.26. The van der Waals surface area contributed by atoms with Gasteiger partial charge in [0.25, 0.3) is 0 Å². The monoisotopic (exact) mass is 156 g/mol. The van der Waals surface area contributed by atoms with Gasteiger partial charge in [0, 0.05) is 18.5 Å². The highest BCUT2D eigenvalue weighted by atomic mass is 16.5. The maximum absolute atomic E-state index is 6.87. The minimum Gasteiger partial charge on any atom is -0.359 e. The van der Waals surface area contributed by atoms with Crippen LogP contribution >= 0.6 is 0 Å². The van der Waals surface area contributed by atoms with Crippen molar-refractivity contribution in [2.45, 2.75) is 26.5 Å². The van der Waals surface area contributed by atoms with Crippen LogP contribution in [0.15, 0.2) is 12.3 Å². The fourth-order valence-electron chi connectivity index (χ4n) is 0.711. The SMILES string of the molecule is C=C(C=N)N[C@@H](CC)OCC. The Kier molecular flexibility index (Phi) is 5.47. The number of hydrogen-bond donors (Lipinski definition) is 2. The lowest BCUT2D eigenvalue weighted by atomic mass is 10.4. The molecule has 1 atom stereocenters. The van der Waals surface area contributed by atoms with Crippen LogP contribution in [0.4, 0.5) is 0 Å². The molecule has 0 saturated carbocycles. The van der Waals surface area contributed by atoms with Crippen LogP contribution in [0.1, 0.15) is 20.3 Å². The van der Waals surface area contributed by atoms with Gasteiger partial charge in [-0.25, -0.2) is 0 Å². The van der Waals surface area contributed by atoms with Gasteiger partial charge in [0.05, 0.1) is 0 Å². The highest BCUT2D eigenvalue weighted by Crippen LogP contribution is 1.94. The van der Waals surface area contributed by atoms with Crippen molar-refractivity contribution in [3.05, 3.63) is 12.3 Å². The molecule has 0 bridgehead atoms. The molecule has 0 unspecified atom stereocenters. The van der Waals surface area contributed by atoms with Gasteiger partial charge in [-0.15, -0.1) is 0 Å². The second-order valence-corrected chi connectivity index (χ2v) is 2.17. The highest BCUT2D eigenvalue weighted by Gasteiger charge is 2.02. The quantitative estimate of drug-likeness (QED) is 0.452. The highest BCUT2D eigenvalue weighted by molar-refractivity contribution is 5.73. The Bertz CT molecular complexity index is 134. The van der Waals surface area contributed by atoms with E-state index < -0.39 is 0 Å². The summed E-state index contributed by atoms with van der Waals surface area (Å²) in [6.07, 6.45) is 2.05. The lowest BCUT2D eigenvalue weighted by Gasteiger charge is -2.17. The summed E-state index contributed by atoms with van der Waals surface area (Å²) in [6, 6.07) is 0. The van der Waals surface area contributed by atoms with Crippen molar-refractivity contribution in [3.63, 3.8) is 0 Å². The molecular formula is C8H16N2O. The Morgan fingerprint density at radius 2 is 2.36 bits per heavy atom. The summed E-state index contributed by atoms with van der Waals surface area (Å²) in [5.74, 6) is 0. The van der Waals surface area contributed by atoms with Crippen LogP contribution in [0.3, 0.4) is 0 Å². The lowest BCUT2D eigenvalue weighted by molar-refractivity contribution is 0.0445. The molecule has 0 saturated heterocycles. The molecule has 0 fully saturated rings. The molecule has 3 heteroatoms. The summed E-state index contributed by atoms with van der Waals surface area (Å²) in [4.78, 5) is 0. The Labute approximate surface area is 68.0 Å². The van der Waals surface area contributed by atoms with E-state index in [-0.39, 0.29) is 6.23 Å². The number of nitrogens with one attached hydrogen (secondary N) is 2. The largest absolute Gasteiger partial charge is 0.359 e. The molecule has 11 heavy (non-hydrogen) atoms. The fourth-order valence-corrected chi connectivity index (χ4v) is 0.711. The van der Waals surface area contributed by atoms with Gasteiger partial charge in [0.2, 0.25) is 0 Å². The molecule has 0 aromatic carbocycles.